The number of nitrogens with one attached hydrogen (secondary N) is 1. The van der Waals surface area contributed by atoms with Crippen LogP contribution in [0.5, 0.6) is 0 Å². The number of carbonyl (C=O) groups excluding carboxylic acids is 1. The Morgan fingerprint density at radius 1 is 1.21 bits per heavy atom. The topological polar surface area (TPSA) is 75.7 Å². The van der Waals surface area contributed by atoms with Crippen LogP contribution >= 0.6 is 11.6 Å². The van der Waals surface area contributed by atoms with E-state index >= 15 is 0 Å². The Balaban J connectivity index is 1.77. The molecule has 1 N–H and O–H groups in total. The Kier molecular flexibility index (Phi) is 7.16. The van der Waals surface area contributed by atoms with Crippen molar-refractivity contribution in [2.24, 2.45) is 0 Å². The molecule has 0 atom stereocenters. The van der Waals surface area contributed by atoms with Gasteiger partial charge in [0.2, 0.25) is 0 Å². The summed E-state index contributed by atoms with van der Waals surface area (Å²) in [5, 5.41) is 3.36. The summed E-state index contributed by atoms with van der Waals surface area (Å²) in [6.07, 6.45) is 2.17. The zero-order valence-corrected chi connectivity index (χ0v) is 17.9. The number of benzene rings is 2. The SMILES string of the molecule is CCOCCCNC(=O)c1ccc2c(c1)CCCN2S(=O)(=O)c1ccc(Cl)cc1. The smallest absolute Gasteiger partial charge is 0.264 e. The molecular formula is C21H25ClN2O4S. The average molecular weight is 437 g/mol. The third kappa shape index (κ3) is 5.10. The summed E-state index contributed by atoms with van der Waals surface area (Å²) in [4.78, 5) is 12.6. The lowest BCUT2D eigenvalue weighted by molar-refractivity contribution is 0.0944. The summed E-state index contributed by atoms with van der Waals surface area (Å²) in [6.45, 7) is 4.14. The van der Waals surface area contributed by atoms with Crippen molar-refractivity contribution in [3.05, 3.63) is 58.6 Å². The summed E-state index contributed by atoms with van der Waals surface area (Å²) in [5.74, 6) is -0.165. The summed E-state index contributed by atoms with van der Waals surface area (Å²) in [7, 11) is -3.69. The molecule has 0 radical (unpaired) electrons. The first-order valence-electron chi connectivity index (χ1n) is 9.70. The van der Waals surface area contributed by atoms with Crippen LogP contribution in [0, 0.1) is 0 Å². The van der Waals surface area contributed by atoms with E-state index in [1.807, 2.05) is 6.92 Å². The molecule has 3 rings (SSSR count). The molecule has 0 aromatic heterocycles. The molecule has 2 aromatic rings. The number of rotatable bonds is 8. The van der Waals surface area contributed by atoms with Gasteiger partial charge in [-0.2, -0.15) is 0 Å². The highest BCUT2D eigenvalue weighted by Gasteiger charge is 2.29. The number of amides is 1. The van der Waals surface area contributed by atoms with Crippen molar-refractivity contribution in [3.8, 4) is 0 Å². The summed E-state index contributed by atoms with van der Waals surface area (Å²) < 4.78 is 32.9. The zero-order valence-electron chi connectivity index (χ0n) is 16.4. The predicted molar refractivity (Wildman–Crippen MR) is 114 cm³/mol. The van der Waals surface area contributed by atoms with Gasteiger partial charge in [-0.25, -0.2) is 8.42 Å². The minimum atomic E-state index is -3.69. The van der Waals surface area contributed by atoms with Gasteiger partial charge in [-0.05, 0) is 74.2 Å². The first kappa shape index (κ1) is 21.6. The van der Waals surface area contributed by atoms with Gasteiger partial charge < -0.3 is 10.1 Å². The van der Waals surface area contributed by atoms with E-state index in [0.717, 1.165) is 18.4 Å². The standard InChI is InChI=1S/C21H25ClN2O4S/c1-2-28-14-4-12-23-21(25)17-6-11-20-16(15-17)5-3-13-24(20)29(26,27)19-9-7-18(22)8-10-19/h6-11,15H,2-5,12-14H2,1H3,(H,23,25). The van der Waals surface area contributed by atoms with E-state index in [4.69, 9.17) is 16.3 Å². The third-order valence-electron chi connectivity index (χ3n) is 4.77. The molecule has 1 aliphatic heterocycles. The Morgan fingerprint density at radius 3 is 2.69 bits per heavy atom. The van der Waals surface area contributed by atoms with Gasteiger partial charge in [-0.3, -0.25) is 9.10 Å². The van der Waals surface area contributed by atoms with Crippen molar-refractivity contribution in [3.63, 3.8) is 0 Å². The van der Waals surface area contributed by atoms with Gasteiger partial charge in [0.05, 0.1) is 10.6 Å². The normalized spacial score (nSPS) is 13.8. The number of anilines is 1. The zero-order chi connectivity index (χ0) is 20.9. The maximum atomic E-state index is 13.1. The molecule has 0 saturated heterocycles. The van der Waals surface area contributed by atoms with Crippen LogP contribution in [-0.4, -0.2) is 40.6 Å². The molecule has 0 fully saturated rings. The lowest BCUT2D eigenvalue weighted by Crippen LogP contribution is -2.35. The molecule has 6 nitrogen and oxygen atoms in total. The molecule has 0 bridgehead atoms. The average Bonchev–Trinajstić information content (AvgIpc) is 2.73. The molecule has 156 valence electrons. The minimum absolute atomic E-state index is 0.165. The molecular weight excluding hydrogens is 412 g/mol. The summed E-state index contributed by atoms with van der Waals surface area (Å²) in [6, 6.07) is 11.3. The molecule has 1 aliphatic rings. The fraction of sp³-hybridized carbons (Fsp3) is 0.381. The van der Waals surface area contributed by atoms with Gasteiger partial charge >= 0.3 is 0 Å². The van der Waals surface area contributed by atoms with E-state index in [1.54, 1.807) is 30.3 Å². The van der Waals surface area contributed by atoms with E-state index < -0.39 is 10.0 Å². The van der Waals surface area contributed by atoms with E-state index in [2.05, 4.69) is 5.32 Å². The van der Waals surface area contributed by atoms with Gasteiger partial charge in [-0.1, -0.05) is 11.6 Å². The Morgan fingerprint density at radius 2 is 1.97 bits per heavy atom. The number of fused-ring (bicyclic) bond motifs is 1. The Hall–Kier alpha value is -2.09. The first-order valence-corrected chi connectivity index (χ1v) is 11.5. The van der Waals surface area contributed by atoms with Crippen molar-refractivity contribution < 1.29 is 17.9 Å². The molecule has 8 heteroatoms. The lowest BCUT2D eigenvalue weighted by atomic mass is 10.0. The second kappa shape index (κ2) is 9.61. The van der Waals surface area contributed by atoms with Gasteiger partial charge in [0.1, 0.15) is 0 Å². The fourth-order valence-corrected chi connectivity index (χ4v) is 4.98. The quantitative estimate of drug-likeness (QED) is 0.641. The second-order valence-electron chi connectivity index (χ2n) is 6.78. The third-order valence-corrected chi connectivity index (χ3v) is 6.85. The molecule has 2 aromatic carbocycles. The van der Waals surface area contributed by atoms with Crippen LogP contribution < -0.4 is 9.62 Å². The summed E-state index contributed by atoms with van der Waals surface area (Å²) in [5.41, 5.74) is 2.01. The molecule has 0 unspecified atom stereocenters. The molecule has 0 aliphatic carbocycles. The first-order chi connectivity index (χ1) is 13.9. The number of hydrogen-bond acceptors (Lipinski definition) is 4. The molecule has 1 amide bonds. The van der Waals surface area contributed by atoms with Crippen molar-refractivity contribution >= 4 is 33.2 Å². The molecule has 29 heavy (non-hydrogen) atoms. The van der Waals surface area contributed by atoms with Gasteiger partial charge in [0, 0.05) is 36.9 Å². The van der Waals surface area contributed by atoms with Crippen LogP contribution in [0.4, 0.5) is 5.69 Å². The van der Waals surface area contributed by atoms with Crippen LogP contribution in [0.2, 0.25) is 5.02 Å². The van der Waals surface area contributed by atoms with Crippen LogP contribution in [0.25, 0.3) is 0 Å². The van der Waals surface area contributed by atoms with Crippen LogP contribution in [0.15, 0.2) is 47.4 Å². The van der Waals surface area contributed by atoms with Crippen molar-refractivity contribution in [2.75, 3.05) is 30.6 Å². The lowest BCUT2D eigenvalue weighted by Gasteiger charge is -2.30. The minimum Gasteiger partial charge on any atom is -0.382 e. The molecule has 0 saturated carbocycles. The monoisotopic (exact) mass is 436 g/mol. The van der Waals surface area contributed by atoms with Gasteiger partial charge in [0.15, 0.2) is 0 Å². The maximum Gasteiger partial charge on any atom is 0.264 e. The number of carbonyl (C=O) groups is 1. The molecule has 1 heterocycles. The Bertz CT molecular complexity index is 961. The molecule has 0 spiro atoms. The van der Waals surface area contributed by atoms with Crippen molar-refractivity contribution in [1.82, 2.24) is 5.32 Å². The van der Waals surface area contributed by atoms with Crippen LogP contribution in [0.3, 0.4) is 0 Å². The van der Waals surface area contributed by atoms with Crippen molar-refractivity contribution in [1.29, 1.82) is 0 Å². The van der Waals surface area contributed by atoms with Gasteiger partial charge in [0.25, 0.3) is 15.9 Å². The second-order valence-corrected chi connectivity index (χ2v) is 9.08. The number of hydrogen-bond donors (Lipinski definition) is 1. The van der Waals surface area contributed by atoms with E-state index in [-0.39, 0.29) is 10.8 Å². The number of ether oxygens (including phenoxy) is 1. The van der Waals surface area contributed by atoms with E-state index in [0.29, 0.717) is 49.0 Å². The maximum absolute atomic E-state index is 13.1. The number of halogens is 1. The van der Waals surface area contributed by atoms with E-state index in [9.17, 15) is 13.2 Å². The summed E-state index contributed by atoms with van der Waals surface area (Å²) >= 11 is 5.88. The van der Waals surface area contributed by atoms with Crippen LogP contribution in [0.1, 0.15) is 35.7 Å². The van der Waals surface area contributed by atoms with Crippen LogP contribution in [-0.2, 0) is 21.2 Å². The predicted octanol–water partition coefficient (Wildman–Crippen LogP) is 3.64. The number of sulfonamides is 1. The van der Waals surface area contributed by atoms with Crippen molar-refractivity contribution in [2.45, 2.75) is 31.1 Å². The number of aryl methyl sites for hydroxylation is 1. The highest BCUT2D eigenvalue weighted by Crippen LogP contribution is 2.33. The fourth-order valence-electron chi connectivity index (χ4n) is 3.31. The van der Waals surface area contributed by atoms with Gasteiger partial charge in [-0.15, -0.1) is 0 Å². The van der Waals surface area contributed by atoms with E-state index in [1.165, 1.54) is 16.4 Å². The largest absolute Gasteiger partial charge is 0.382 e. The Labute approximate surface area is 176 Å². The highest BCUT2D eigenvalue weighted by atomic mass is 35.5. The number of nitrogens with zero attached hydrogens (tertiary/aromatic N) is 1. The highest BCUT2D eigenvalue weighted by molar-refractivity contribution is 7.92.